The highest BCUT2D eigenvalue weighted by atomic mass is 32.2. The minimum absolute atomic E-state index is 0.251. The molecule has 3 nitrogen and oxygen atoms in total. The Morgan fingerprint density at radius 1 is 1.25 bits per heavy atom. The number of rotatable bonds is 3. The lowest BCUT2D eigenvalue weighted by Gasteiger charge is -2.36. The Kier molecular flexibility index (Phi) is 5.77. The van der Waals surface area contributed by atoms with Gasteiger partial charge >= 0.3 is 0 Å². The van der Waals surface area contributed by atoms with Gasteiger partial charge in [-0.1, -0.05) is 25.7 Å². The molecule has 0 aromatic rings. The van der Waals surface area contributed by atoms with Crippen molar-refractivity contribution >= 4 is 17.7 Å². The summed E-state index contributed by atoms with van der Waals surface area (Å²) in [7, 11) is 0. The number of piperidine rings is 1. The summed E-state index contributed by atoms with van der Waals surface area (Å²) >= 11 is 1.65. The molecule has 1 aliphatic carbocycles. The van der Waals surface area contributed by atoms with Crippen LogP contribution in [0.5, 0.6) is 0 Å². The van der Waals surface area contributed by atoms with Gasteiger partial charge in [-0.25, -0.2) is 0 Å². The predicted octanol–water partition coefficient (Wildman–Crippen LogP) is 3.59. The number of thioether (sulfide) groups is 1. The number of nitriles is 1. The van der Waals surface area contributed by atoms with Crippen molar-refractivity contribution in [1.82, 2.24) is 4.90 Å². The van der Waals surface area contributed by atoms with Gasteiger partial charge in [-0.3, -0.25) is 4.79 Å². The number of hydrogen-bond acceptors (Lipinski definition) is 3. The third-order valence-corrected chi connectivity index (χ3v) is 6.24. The SMILES string of the molecule is CSC1(C#N)CCN(C(=O)CC2CCCCCC2)CC1. The Hall–Kier alpha value is -0.690. The fraction of sp³-hybridized carbons (Fsp3) is 0.875. The first-order valence-corrected chi connectivity index (χ1v) is 9.16. The van der Waals surface area contributed by atoms with Gasteiger partial charge in [0.15, 0.2) is 0 Å². The van der Waals surface area contributed by atoms with Crippen molar-refractivity contribution in [3.05, 3.63) is 0 Å². The Morgan fingerprint density at radius 3 is 2.35 bits per heavy atom. The van der Waals surface area contributed by atoms with Crippen LogP contribution in [0, 0.1) is 17.2 Å². The van der Waals surface area contributed by atoms with E-state index < -0.39 is 0 Å². The first-order chi connectivity index (χ1) is 9.69. The molecule has 1 aliphatic heterocycles. The van der Waals surface area contributed by atoms with E-state index in [1.165, 1.54) is 38.5 Å². The topological polar surface area (TPSA) is 44.1 Å². The van der Waals surface area contributed by atoms with Gasteiger partial charge in [-0.05, 0) is 37.9 Å². The second kappa shape index (κ2) is 7.36. The van der Waals surface area contributed by atoms with E-state index in [1.807, 2.05) is 11.2 Å². The summed E-state index contributed by atoms with van der Waals surface area (Å²) in [6.07, 6.45) is 12.1. The van der Waals surface area contributed by atoms with Crippen LogP contribution in [0.15, 0.2) is 0 Å². The second-order valence-electron chi connectivity index (χ2n) is 6.25. The normalized spacial score (nSPS) is 23.9. The smallest absolute Gasteiger partial charge is 0.222 e. The number of likely N-dealkylation sites (tertiary alicyclic amines) is 1. The highest BCUT2D eigenvalue weighted by Gasteiger charge is 2.35. The molecule has 0 radical (unpaired) electrons. The standard InChI is InChI=1S/C16H26N2OS/c1-20-16(13-17)8-10-18(11-9-16)15(19)12-14-6-4-2-3-5-7-14/h14H,2-12H2,1H3. The molecule has 1 amide bonds. The fourth-order valence-corrected chi connectivity index (χ4v) is 4.11. The molecule has 0 aromatic heterocycles. The third kappa shape index (κ3) is 3.91. The van der Waals surface area contributed by atoms with E-state index in [0.717, 1.165) is 32.4 Å². The minimum atomic E-state index is -0.251. The van der Waals surface area contributed by atoms with Gasteiger partial charge in [0.1, 0.15) is 4.75 Å². The number of carbonyl (C=O) groups is 1. The van der Waals surface area contributed by atoms with Crippen LogP contribution in [-0.4, -0.2) is 34.9 Å². The van der Waals surface area contributed by atoms with E-state index in [2.05, 4.69) is 6.07 Å². The summed E-state index contributed by atoms with van der Waals surface area (Å²) in [5.74, 6) is 0.928. The lowest BCUT2D eigenvalue weighted by Crippen LogP contribution is -2.44. The van der Waals surface area contributed by atoms with Crippen molar-refractivity contribution in [3.8, 4) is 6.07 Å². The zero-order chi connectivity index (χ0) is 14.4. The maximum atomic E-state index is 12.4. The first-order valence-electron chi connectivity index (χ1n) is 7.93. The molecule has 0 aromatic carbocycles. The van der Waals surface area contributed by atoms with Crippen LogP contribution >= 0.6 is 11.8 Å². The molecule has 0 N–H and O–H groups in total. The molecule has 0 bridgehead atoms. The molecule has 20 heavy (non-hydrogen) atoms. The molecular formula is C16H26N2OS. The number of amides is 1. The average molecular weight is 294 g/mol. The molecule has 0 atom stereocenters. The van der Waals surface area contributed by atoms with Crippen molar-refractivity contribution in [2.24, 2.45) is 5.92 Å². The van der Waals surface area contributed by atoms with Crippen LogP contribution in [0.1, 0.15) is 57.8 Å². The minimum Gasteiger partial charge on any atom is -0.343 e. The highest BCUT2D eigenvalue weighted by molar-refractivity contribution is 8.00. The largest absolute Gasteiger partial charge is 0.343 e. The molecular weight excluding hydrogens is 268 g/mol. The van der Waals surface area contributed by atoms with Gasteiger partial charge in [-0.15, -0.1) is 11.8 Å². The third-order valence-electron chi connectivity index (χ3n) is 4.96. The number of nitrogens with zero attached hydrogens (tertiary/aromatic N) is 2. The second-order valence-corrected chi connectivity index (χ2v) is 7.44. The predicted molar refractivity (Wildman–Crippen MR) is 83.5 cm³/mol. The molecule has 1 saturated heterocycles. The van der Waals surface area contributed by atoms with Gasteiger partial charge in [0.25, 0.3) is 0 Å². The monoisotopic (exact) mass is 294 g/mol. The molecule has 2 aliphatic rings. The van der Waals surface area contributed by atoms with E-state index in [1.54, 1.807) is 11.8 Å². The highest BCUT2D eigenvalue weighted by Crippen LogP contribution is 2.34. The molecule has 1 saturated carbocycles. The summed E-state index contributed by atoms with van der Waals surface area (Å²) in [5.41, 5.74) is 0. The van der Waals surface area contributed by atoms with E-state index >= 15 is 0 Å². The Morgan fingerprint density at radius 2 is 1.85 bits per heavy atom. The average Bonchev–Trinajstić information content (AvgIpc) is 2.76. The van der Waals surface area contributed by atoms with Crippen LogP contribution in [0.25, 0.3) is 0 Å². The van der Waals surface area contributed by atoms with E-state index in [-0.39, 0.29) is 4.75 Å². The first kappa shape index (κ1) is 15.7. The molecule has 4 heteroatoms. The number of hydrogen-bond donors (Lipinski definition) is 0. The molecule has 112 valence electrons. The number of carbonyl (C=O) groups excluding carboxylic acids is 1. The summed E-state index contributed by atoms with van der Waals surface area (Å²) in [5, 5.41) is 9.28. The lowest BCUT2D eigenvalue weighted by molar-refractivity contribution is -0.133. The molecule has 2 fully saturated rings. The van der Waals surface area contributed by atoms with Gasteiger partial charge in [0.05, 0.1) is 6.07 Å². The van der Waals surface area contributed by atoms with Crippen molar-refractivity contribution in [1.29, 1.82) is 5.26 Å². The summed E-state index contributed by atoms with van der Waals surface area (Å²) < 4.78 is -0.251. The van der Waals surface area contributed by atoms with Crippen molar-refractivity contribution in [2.45, 2.75) is 62.5 Å². The fourth-order valence-electron chi connectivity index (χ4n) is 3.42. The zero-order valence-electron chi connectivity index (χ0n) is 12.6. The van der Waals surface area contributed by atoms with Crippen LogP contribution in [0.2, 0.25) is 0 Å². The Labute approximate surface area is 127 Å². The van der Waals surface area contributed by atoms with Crippen LogP contribution < -0.4 is 0 Å². The van der Waals surface area contributed by atoms with Crippen LogP contribution in [-0.2, 0) is 4.79 Å². The summed E-state index contributed by atoms with van der Waals surface area (Å²) in [4.78, 5) is 14.4. The van der Waals surface area contributed by atoms with Gasteiger partial charge in [0, 0.05) is 19.5 Å². The molecule has 2 rings (SSSR count). The van der Waals surface area contributed by atoms with E-state index in [0.29, 0.717) is 11.8 Å². The lowest BCUT2D eigenvalue weighted by atomic mass is 9.93. The van der Waals surface area contributed by atoms with Crippen molar-refractivity contribution < 1.29 is 4.79 Å². The van der Waals surface area contributed by atoms with Gasteiger partial charge in [0.2, 0.25) is 5.91 Å². The van der Waals surface area contributed by atoms with E-state index in [4.69, 9.17) is 0 Å². The van der Waals surface area contributed by atoms with E-state index in [9.17, 15) is 10.1 Å². The molecule has 1 heterocycles. The van der Waals surface area contributed by atoms with Gasteiger partial charge in [-0.2, -0.15) is 5.26 Å². The van der Waals surface area contributed by atoms with Crippen molar-refractivity contribution in [3.63, 3.8) is 0 Å². The summed E-state index contributed by atoms with van der Waals surface area (Å²) in [6.45, 7) is 1.53. The maximum Gasteiger partial charge on any atom is 0.222 e. The Bertz CT molecular complexity index is 361. The van der Waals surface area contributed by atoms with Crippen molar-refractivity contribution in [2.75, 3.05) is 19.3 Å². The quantitative estimate of drug-likeness (QED) is 0.747. The summed E-state index contributed by atoms with van der Waals surface area (Å²) in [6, 6.07) is 2.44. The zero-order valence-corrected chi connectivity index (χ0v) is 13.4. The van der Waals surface area contributed by atoms with Gasteiger partial charge < -0.3 is 4.90 Å². The Balaban J connectivity index is 1.81. The van der Waals surface area contributed by atoms with Crippen LogP contribution in [0.3, 0.4) is 0 Å². The maximum absolute atomic E-state index is 12.4. The van der Waals surface area contributed by atoms with Crippen LogP contribution in [0.4, 0.5) is 0 Å². The molecule has 0 spiro atoms. The molecule has 0 unspecified atom stereocenters.